The van der Waals surface area contributed by atoms with Crippen molar-refractivity contribution in [2.45, 2.75) is 39.2 Å². The number of aliphatic hydroxyl groups is 1. The summed E-state index contributed by atoms with van der Waals surface area (Å²) in [5, 5.41) is 12.8. The summed E-state index contributed by atoms with van der Waals surface area (Å²) in [7, 11) is 0. The van der Waals surface area contributed by atoms with E-state index in [0.717, 1.165) is 18.9 Å². The van der Waals surface area contributed by atoms with Crippen LogP contribution in [0.5, 0.6) is 0 Å². The first kappa shape index (κ1) is 13.6. The van der Waals surface area contributed by atoms with Crippen molar-refractivity contribution < 1.29 is 5.11 Å². The second-order valence-electron chi connectivity index (χ2n) is 6.24. The topological polar surface area (TPSA) is 32.3 Å². The number of hydrogen-bond donors (Lipinski definition) is 2. The van der Waals surface area contributed by atoms with E-state index in [4.69, 9.17) is 5.11 Å². The summed E-state index contributed by atoms with van der Waals surface area (Å²) in [6.07, 6.45) is 3.53. The standard InChI is InChI=1S/C16H25NO/c1-16(2,10-11-18)12-17-15(14-8-9-14)13-6-4-3-5-7-13/h3-7,14-15,17-18H,8-12H2,1-2H3. The van der Waals surface area contributed by atoms with Crippen molar-refractivity contribution in [1.82, 2.24) is 5.32 Å². The maximum Gasteiger partial charge on any atom is 0.0436 e. The van der Waals surface area contributed by atoms with Crippen LogP contribution in [0, 0.1) is 11.3 Å². The molecular formula is C16H25NO. The zero-order valence-corrected chi connectivity index (χ0v) is 11.5. The Balaban J connectivity index is 1.96. The molecule has 0 aliphatic heterocycles. The van der Waals surface area contributed by atoms with Crippen LogP contribution in [-0.4, -0.2) is 18.3 Å². The van der Waals surface area contributed by atoms with Gasteiger partial charge in [-0.3, -0.25) is 0 Å². The van der Waals surface area contributed by atoms with Gasteiger partial charge in [-0.2, -0.15) is 0 Å². The zero-order valence-electron chi connectivity index (χ0n) is 11.5. The van der Waals surface area contributed by atoms with Crippen molar-refractivity contribution in [2.24, 2.45) is 11.3 Å². The summed E-state index contributed by atoms with van der Waals surface area (Å²) in [5.74, 6) is 0.803. The first-order chi connectivity index (χ1) is 8.62. The highest BCUT2D eigenvalue weighted by molar-refractivity contribution is 5.21. The molecule has 1 aromatic carbocycles. The Labute approximate surface area is 110 Å². The van der Waals surface area contributed by atoms with Crippen LogP contribution in [0.2, 0.25) is 0 Å². The molecule has 1 aliphatic rings. The Kier molecular flexibility index (Phi) is 4.41. The van der Waals surface area contributed by atoms with Crippen LogP contribution in [0.25, 0.3) is 0 Å². The molecule has 1 aliphatic carbocycles. The highest BCUT2D eigenvalue weighted by atomic mass is 16.3. The number of rotatable bonds is 7. The average Bonchev–Trinajstić information content (AvgIpc) is 3.15. The number of hydrogen-bond acceptors (Lipinski definition) is 2. The van der Waals surface area contributed by atoms with Gasteiger partial charge in [0.15, 0.2) is 0 Å². The molecule has 0 heterocycles. The SMILES string of the molecule is CC(C)(CCO)CNC(c1ccccc1)C1CC1. The quantitative estimate of drug-likeness (QED) is 0.776. The van der Waals surface area contributed by atoms with Gasteiger partial charge in [0.2, 0.25) is 0 Å². The summed E-state index contributed by atoms with van der Waals surface area (Å²) in [6.45, 7) is 5.66. The van der Waals surface area contributed by atoms with Gasteiger partial charge in [-0.1, -0.05) is 44.2 Å². The molecule has 18 heavy (non-hydrogen) atoms. The lowest BCUT2D eigenvalue weighted by Gasteiger charge is -2.28. The van der Waals surface area contributed by atoms with Crippen LogP contribution in [0.4, 0.5) is 0 Å². The molecule has 0 aromatic heterocycles. The number of aliphatic hydroxyl groups excluding tert-OH is 1. The van der Waals surface area contributed by atoms with Gasteiger partial charge in [-0.25, -0.2) is 0 Å². The van der Waals surface area contributed by atoms with E-state index in [1.165, 1.54) is 18.4 Å². The molecule has 0 bridgehead atoms. The number of benzene rings is 1. The smallest absolute Gasteiger partial charge is 0.0436 e. The molecule has 2 N–H and O–H groups in total. The Hall–Kier alpha value is -0.860. The third-order valence-electron chi connectivity index (χ3n) is 3.84. The van der Waals surface area contributed by atoms with Crippen molar-refractivity contribution in [3.8, 4) is 0 Å². The zero-order chi connectivity index (χ0) is 13.0. The van der Waals surface area contributed by atoms with Gasteiger partial charge < -0.3 is 10.4 Å². The van der Waals surface area contributed by atoms with E-state index in [0.29, 0.717) is 6.04 Å². The van der Waals surface area contributed by atoms with E-state index < -0.39 is 0 Å². The van der Waals surface area contributed by atoms with Crippen molar-refractivity contribution >= 4 is 0 Å². The molecule has 1 unspecified atom stereocenters. The first-order valence-electron chi connectivity index (χ1n) is 7.01. The Bertz CT molecular complexity index is 357. The molecule has 1 atom stereocenters. The van der Waals surface area contributed by atoms with Crippen molar-refractivity contribution in [2.75, 3.05) is 13.2 Å². The second kappa shape index (κ2) is 5.85. The third kappa shape index (κ3) is 3.82. The molecule has 1 saturated carbocycles. The van der Waals surface area contributed by atoms with Crippen molar-refractivity contribution in [1.29, 1.82) is 0 Å². The highest BCUT2D eigenvalue weighted by Gasteiger charge is 2.33. The maximum atomic E-state index is 9.08. The van der Waals surface area contributed by atoms with Crippen LogP contribution < -0.4 is 5.32 Å². The minimum absolute atomic E-state index is 0.163. The Morgan fingerprint density at radius 3 is 2.50 bits per heavy atom. The molecule has 1 aromatic rings. The molecule has 0 amide bonds. The summed E-state index contributed by atoms with van der Waals surface area (Å²) < 4.78 is 0. The molecule has 1 fully saturated rings. The summed E-state index contributed by atoms with van der Waals surface area (Å²) in [5.41, 5.74) is 1.57. The number of nitrogens with one attached hydrogen (secondary N) is 1. The molecule has 100 valence electrons. The first-order valence-corrected chi connectivity index (χ1v) is 7.01. The lowest BCUT2D eigenvalue weighted by atomic mass is 9.89. The summed E-state index contributed by atoms with van der Waals surface area (Å²) >= 11 is 0. The normalized spacial score (nSPS) is 17.7. The predicted octanol–water partition coefficient (Wildman–Crippen LogP) is 3.14. The highest BCUT2D eigenvalue weighted by Crippen LogP contribution is 2.41. The lowest BCUT2D eigenvalue weighted by molar-refractivity contribution is 0.201. The van der Waals surface area contributed by atoms with E-state index >= 15 is 0 Å². The van der Waals surface area contributed by atoms with Gasteiger partial charge >= 0.3 is 0 Å². The van der Waals surface area contributed by atoms with Crippen LogP contribution in [0.3, 0.4) is 0 Å². The van der Waals surface area contributed by atoms with Gasteiger partial charge in [-0.15, -0.1) is 0 Å². The maximum absolute atomic E-state index is 9.08. The lowest BCUT2D eigenvalue weighted by Crippen LogP contribution is -2.34. The van der Waals surface area contributed by atoms with Crippen LogP contribution in [0.15, 0.2) is 30.3 Å². The molecular weight excluding hydrogens is 222 g/mol. The fraction of sp³-hybridized carbons (Fsp3) is 0.625. The van der Waals surface area contributed by atoms with E-state index in [1.54, 1.807) is 0 Å². The largest absolute Gasteiger partial charge is 0.396 e. The van der Waals surface area contributed by atoms with Gasteiger partial charge in [0.1, 0.15) is 0 Å². The molecule has 0 spiro atoms. The molecule has 2 rings (SSSR count). The van der Waals surface area contributed by atoms with Gasteiger partial charge in [0.25, 0.3) is 0 Å². The van der Waals surface area contributed by atoms with Crippen LogP contribution in [0.1, 0.15) is 44.7 Å². The van der Waals surface area contributed by atoms with E-state index in [9.17, 15) is 0 Å². The minimum atomic E-state index is 0.163. The van der Waals surface area contributed by atoms with Gasteiger partial charge in [0.05, 0.1) is 0 Å². The molecule has 2 heteroatoms. The Morgan fingerprint density at radius 2 is 1.94 bits per heavy atom. The van der Waals surface area contributed by atoms with Gasteiger partial charge in [0, 0.05) is 19.2 Å². The monoisotopic (exact) mass is 247 g/mol. The summed E-state index contributed by atoms with van der Waals surface area (Å²) in [6, 6.07) is 11.2. The van der Waals surface area contributed by atoms with Crippen LogP contribution in [-0.2, 0) is 0 Å². The Morgan fingerprint density at radius 1 is 1.28 bits per heavy atom. The molecule has 0 saturated heterocycles. The fourth-order valence-corrected chi connectivity index (χ4v) is 2.42. The molecule has 2 nitrogen and oxygen atoms in total. The molecule has 0 radical (unpaired) electrons. The fourth-order valence-electron chi connectivity index (χ4n) is 2.42. The van der Waals surface area contributed by atoms with Crippen molar-refractivity contribution in [3.05, 3.63) is 35.9 Å². The second-order valence-corrected chi connectivity index (χ2v) is 6.24. The van der Waals surface area contributed by atoms with Crippen LogP contribution >= 0.6 is 0 Å². The van der Waals surface area contributed by atoms with E-state index in [-0.39, 0.29) is 12.0 Å². The van der Waals surface area contributed by atoms with Gasteiger partial charge in [-0.05, 0) is 36.2 Å². The summed E-state index contributed by atoms with van der Waals surface area (Å²) in [4.78, 5) is 0. The van der Waals surface area contributed by atoms with E-state index in [2.05, 4.69) is 49.5 Å². The average molecular weight is 247 g/mol. The van der Waals surface area contributed by atoms with E-state index in [1.807, 2.05) is 0 Å². The minimum Gasteiger partial charge on any atom is -0.396 e. The van der Waals surface area contributed by atoms with Crippen molar-refractivity contribution in [3.63, 3.8) is 0 Å². The third-order valence-corrected chi connectivity index (χ3v) is 3.84. The predicted molar refractivity (Wildman–Crippen MR) is 75.4 cm³/mol.